The van der Waals surface area contributed by atoms with Crippen molar-refractivity contribution < 1.29 is 4.79 Å². The number of aromatic nitrogens is 4. The third kappa shape index (κ3) is 1.32. The fourth-order valence-electron chi connectivity index (χ4n) is 2.37. The van der Waals surface area contributed by atoms with Crippen LogP contribution in [0.25, 0.3) is 0 Å². The molecule has 1 aliphatic carbocycles. The summed E-state index contributed by atoms with van der Waals surface area (Å²) in [4.78, 5) is 12.0. The first-order valence-electron chi connectivity index (χ1n) is 5.31. The Morgan fingerprint density at radius 3 is 2.25 bits per heavy atom. The monoisotopic (exact) mass is 223 g/mol. The second-order valence-electron chi connectivity index (χ2n) is 5.49. The zero-order valence-corrected chi connectivity index (χ0v) is 10.3. The molecule has 0 atom stereocenters. The molecule has 1 heterocycles. The molecule has 0 unspecified atom stereocenters. The van der Waals surface area contributed by atoms with Gasteiger partial charge in [-0.15, -0.1) is 0 Å². The van der Waals surface area contributed by atoms with Crippen LogP contribution < -0.4 is 5.32 Å². The second-order valence-corrected chi connectivity index (χ2v) is 5.49. The largest absolute Gasteiger partial charge is 0.293 e. The molecule has 0 saturated heterocycles. The highest BCUT2D eigenvalue weighted by Crippen LogP contribution is 2.68. The van der Waals surface area contributed by atoms with Crippen molar-refractivity contribution in [2.24, 2.45) is 23.8 Å². The Morgan fingerprint density at radius 1 is 1.31 bits per heavy atom. The van der Waals surface area contributed by atoms with E-state index in [1.807, 2.05) is 0 Å². The van der Waals surface area contributed by atoms with E-state index in [4.69, 9.17) is 0 Å². The van der Waals surface area contributed by atoms with Gasteiger partial charge in [-0.25, -0.2) is 4.68 Å². The number of anilines is 1. The first-order valence-corrected chi connectivity index (χ1v) is 5.31. The van der Waals surface area contributed by atoms with Crippen LogP contribution in [0.3, 0.4) is 0 Å². The highest BCUT2D eigenvalue weighted by Gasteiger charge is 2.68. The van der Waals surface area contributed by atoms with Gasteiger partial charge < -0.3 is 0 Å². The van der Waals surface area contributed by atoms with E-state index in [1.54, 1.807) is 7.05 Å². The van der Waals surface area contributed by atoms with Crippen LogP contribution in [0.4, 0.5) is 5.95 Å². The number of amides is 1. The van der Waals surface area contributed by atoms with Gasteiger partial charge in [0, 0.05) is 13.0 Å². The number of tetrazole rings is 1. The zero-order chi connectivity index (χ0) is 12.1. The first kappa shape index (κ1) is 11.0. The number of carbonyl (C=O) groups is 1. The van der Waals surface area contributed by atoms with Crippen molar-refractivity contribution in [3.63, 3.8) is 0 Å². The molecule has 0 aromatic carbocycles. The lowest BCUT2D eigenvalue weighted by molar-refractivity contribution is -0.118. The number of nitrogens with one attached hydrogen (secondary N) is 1. The molecule has 88 valence electrons. The van der Waals surface area contributed by atoms with E-state index in [0.29, 0.717) is 5.95 Å². The molecule has 1 fully saturated rings. The van der Waals surface area contributed by atoms with Crippen molar-refractivity contribution in [3.05, 3.63) is 0 Å². The van der Waals surface area contributed by atoms with Crippen LogP contribution in [0.1, 0.15) is 27.7 Å². The van der Waals surface area contributed by atoms with E-state index >= 15 is 0 Å². The average Bonchev–Trinajstić information content (AvgIpc) is 2.44. The summed E-state index contributed by atoms with van der Waals surface area (Å²) in [6, 6.07) is 0. The number of hydrogen-bond acceptors (Lipinski definition) is 4. The van der Waals surface area contributed by atoms with Crippen LogP contribution in [-0.4, -0.2) is 26.1 Å². The number of rotatable bonds is 2. The zero-order valence-electron chi connectivity index (χ0n) is 10.3. The quantitative estimate of drug-likeness (QED) is 0.806. The molecule has 1 aliphatic rings. The molecule has 2 rings (SSSR count). The fraction of sp³-hybridized carbons (Fsp3) is 0.800. The SMILES string of the molecule is Cn1nnnc1NC(=O)C1C(C)(C)C1(C)C. The third-order valence-electron chi connectivity index (χ3n) is 4.14. The molecule has 1 N–H and O–H groups in total. The molecule has 16 heavy (non-hydrogen) atoms. The van der Waals surface area contributed by atoms with Crippen molar-refractivity contribution in [1.82, 2.24) is 20.2 Å². The van der Waals surface area contributed by atoms with E-state index in [9.17, 15) is 4.79 Å². The standard InChI is InChI=1S/C10H17N5O/c1-9(2)6(10(9,3)4)7(16)11-8-12-13-14-15(8)5/h6H,1-5H3,(H,11,12,14,16). The summed E-state index contributed by atoms with van der Waals surface area (Å²) in [5.41, 5.74) is 0.0617. The van der Waals surface area contributed by atoms with Gasteiger partial charge in [-0.05, 0) is 21.3 Å². The topological polar surface area (TPSA) is 72.7 Å². The van der Waals surface area contributed by atoms with Crippen LogP contribution in [-0.2, 0) is 11.8 Å². The van der Waals surface area contributed by atoms with Gasteiger partial charge in [0.2, 0.25) is 11.9 Å². The van der Waals surface area contributed by atoms with Crippen molar-refractivity contribution in [2.75, 3.05) is 5.32 Å². The Kier molecular flexibility index (Phi) is 2.09. The lowest BCUT2D eigenvalue weighted by Gasteiger charge is -2.03. The van der Waals surface area contributed by atoms with Crippen LogP contribution in [0.15, 0.2) is 0 Å². The number of aryl methyl sites for hydroxylation is 1. The first-order chi connectivity index (χ1) is 7.28. The molecule has 0 bridgehead atoms. The minimum atomic E-state index is -0.00657. The van der Waals surface area contributed by atoms with E-state index in [1.165, 1.54) is 4.68 Å². The molecule has 0 spiro atoms. The third-order valence-corrected chi connectivity index (χ3v) is 4.14. The summed E-state index contributed by atoms with van der Waals surface area (Å²) in [6.07, 6.45) is 0. The number of hydrogen-bond donors (Lipinski definition) is 1. The van der Waals surface area contributed by atoms with Crippen LogP contribution in [0, 0.1) is 16.7 Å². The predicted molar refractivity (Wildman–Crippen MR) is 58.5 cm³/mol. The predicted octanol–water partition coefficient (Wildman–Crippen LogP) is 0.831. The highest BCUT2D eigenvalue weighted by molar-refractivity contribution is 5.94. The normalized spacial score (nSPS) is 21.8. The summed E-state index contributed by atoms with van der Waals surface area (Å²) in [6.45, 7) is 8.41. The number of nitrogens with zero attached hydrogens (tertiary/aromatic N) is 4. The van der Waals surface area contributed by atoms with Crippen molar-refractivity contribution in [1.29, 1.82) is 0 Å². The van der Waals surface area contributed by atoms with Gasteiger partial charge in [0.1, 0.15) is 0 Å². The Morgan fingerprint density at radius 2 is 1.88 bits per heavy atom. The average molecular weight is 223 g/mol. The smallest absolute Gasteiger partial charge is 0.249 e. The van der Waals surface area contributed by atoms with Gasteiger partial charge in [0.15, 0.2) is 0 Å². The summed E-state index contributed by atoms with van der Waals surface area (Å²) in [7, 11) is 1.69. The van der Waals surface area contributed by atoms with Gasteiger partial charge in [-0.3, -0.25) is 10.1 Å². The van der Waals surface area contributed by atoms with Gasteiger partial charge >= 0.3 is 0 Å². The molecular formula is C10H17N5O. The maximum Gasteiger partial charge on any atom is 0.249 e. The summed E-state index contributed by atoms with van der Waals surface area (Å²) >= 11 is 0. The molecule has 1 saturated carbocycles. The second kappa shape index (κ2) is 3.02. The summed E-state index contributed by atoms with van der Waals surface area (Å²) in [5.74, 6) is 0.396. The van der Waals surface area contributed by atoms with Crippen molar-refractivity contribution in [2.45, 2.75) is 27.7 Å². The Balaban J connectivity index is 2.10. The van der Waals surface area contributed by atoms with Gasteiger partial charge in [-0.2, -0.15) is 0 Å². The maximum atomic E-state index is 12.0. The van der Waals surface area contributed by atoms with E-state index in [0.717, 1.165) is 0 Å². The summed E-state index contributed by atoms with van der Waals surface area (Å²) in [5, 5.41) is 13.6. The minimum absolute atomic E-state index is 0.00657. The van der Waals surface area contributed by atoms with E-state index < -0.39 is 0 Å². The lowest BCUT2D eigenvalue weighted by atomic mass is 10.0. The Hall–Kier alpha value is -1.46. The van der Waals surface area contributed by atoms with Crippen molar-refractivity contribution in [3.8, 4) is 0 Å². The lowest BCUT2D eigenvalue weighted by Crippen LogP contribution is -2.20. The molecule has 6 heteroatoms. The molecule has 1 aromatic heterocycles. The van der Waals surface area contributed by atoms with Gasteiger partial charge in [-0.1, -0.05) is 32.8 Å². The van der Waals surface area contributed by atoms with Crippen LogP contribution in [0.5, 0.6) is 0 Å². The highest BCUT2D eigenvalue weighted by atomic mass is 16.2. The Labute approximate surface area is 94.4 Å². The maximum absolute atomic E-state index is 12.0. The molecule has 1 aromatic rings. The molecule has 0 radical (unpaired) electrons. The molecule has 6 nitrogen and oxygen atoms in total. The van der Waals surface area contributed by atoms with E-state index in [2.05, 4.69) is 48.5 Å². The molecule has 0 aliphatic heterocycles. The van der Waals surface area contributed by atoms with Gasteiger partial charge in [0.25, 0.3) is 0 Å². The van der Waals surface area contributed by atoms with Crippen molar-refractivity contribution >= 4 is 11.9 Å². The van der Waals surface area contributed by atoms with Crippen LogP contribution >= 0.6 is 0 Å². The van der Waals surface area contributed by atoms with Crippen LogP contribution in [0.2, 0.25) is 0 Å². The number of carbonyl (C=O) groups excluding carboxylic acids is 1. The Bertz CT molecular complexity index is 420. The minimum Gasteiger partial charge on any atom is -0.293 e. The van der Waals surface area contributed by atoms with E-state index in [-0.39, 0.29) is 22.7 Å². The van der Waals surface area contributed by atoms with Gasteiger partial charge in [0.05, 0.1) is 0 Å². The summed E-state index contributed by atoms with van der Waals surface area (Å²) < 4.78 is 1.44. The fourth-order valence-corrected chi connectivity index (χ4v) is 2.37. The molecule has 1 amide bonds. The molecular weight excluding hydrogens is 206 g/mol.